The van der Waals surface area contributed by atoms with E-state index in [-0.39, 0.29) is 16.7 Å². The van der Waals surface area contributed by atoms with Crippen LogP contribution in [0, 0.1) is 0 Å². The number of hydrazine groups is 2. The molecule has 1 aromatic rings. The number of benzene rings is 1. The first-order chi connectivity index (χ1) is 7.78. The molecule has 17 heavy (non-hydrogen) atoms. The predicted molar refractivity (Wildman–Crippen MR) is 57.6 cm³/mol. The molecule has 0 atom stereocenters. The van der Waals surface area contributed by atoms with E-state index in [4.69, 9.17) is 11.7 Å². The molecule has 9 heteroatoms. The number of halogens is 3. The summed E-state index contributed by atoms with van der Waals surface area (Å²) < 4.78 is 36.0. The second-order valence-electron chi connectivity index (χ2n) is 2.91. The highest BCUT2D eigenvalue weighted by molar-refractivity contribution is 8.00. The molecule has 0 fully saturated rings. The number of hydrogen-bond donors (Lipinski definition) is 3. The van der Waals surface area contributed by atoms with Crippen molar-refractivity contribution in [2.45, 2.75) is 10.4 Å². The largest absolute Gasteiger partial charge is 0.446 e. The number of hydrogen-bond acceptors (Lipinski definition) is 4. The van der Waals surface area contributed by atoms with Crippen molar-refractivity contribution >= 4 is 23.5 Å². The van der Waals surface area contributed by atoms with Crippen molar-refractivity contribution in [2.75, 3.05) is 5.32 Å². The van der Waals surface area contributed by atoms with Gasteiger partial charge in [-0.2, -0.15) is 18.3 Å². The van der Waals surface area contributed by atoms with Gasteiger partial charge in [0.25, 0.3) is 0 Å². The molecule has 0 spiro atoms. The third-order valence-corrected chi connectivity index (χ3v) is 2.31. The zero-order valence-electron chi connectivity index (χ0n) is 8.36. The zero-order valence-corrected chi connectivity index (χ0v) is 9.18. The van der Waals surface area contributed by atoms with Crippen LogP contribution in [0.25, 0.3) is 0 Å². The van der Waals surface area contributed by atoms with Crippen LogP contribution in [0.1, 0.15) is 0 Å². The minimum absolute atomic E-state index is 0.0212. The van der Waals surface area contributed by atoms with Crippen LogP contribution in [0.15, 0.2) is 29.2 Å². The van der Waals surface area contributed by atoms with Crippen LogP contribution in [-0.4, -0.2) is 16.7 Å². The fourth-order valence-electron chi connectivity index (χ4n) is 0.928. The molecule has 0 aliphatic rings. The van der Waals surface area contributed by atoms with Crippen LogP contribution in [0.2, 0.25) is 0 Å². The molecule has 0 saturated heterocycles. The standard InChI is InChI=1S/C8H9F3N4OS/c9-8(10,11)17-6-3-1-5(2-4-6)14-7(16)15(12)13/h1-4H,12-13H2,(H,14,16). The van der Waals surface area contributed by atoms with Crippen molar-refractivity contribution in [2.24, 2.45) is 11.7 Å². The van der Waals surface area contributed by atoms with Crippen molar-refractivity contribution in [1.82, 2.24) is 5.12 Å². The summed E-state index contributed by atoms with van der Waals surface area (Å²) >= 11 is -0.238. The maximum atomic E-state index is 12.0. The Hall–Kier alpha value is -1.45. The molecule has 0 aliphatic carbocycles. The van der Waals surface area contributed by atoms with Crippen molar-refractivity contribution in [3.63, 3.8) is 0 Å². The number of amides is 2. The van der Waals surface area contributed by atoms with Crippen molar-refractivity contribution < 1.29 is 18.0 Å². The Bertz CT molecular complexity index is 393. The average Bonchev–Trinajstić information content (AvgIpc) is 2.18. The maximum absolute atomic E-state index is 12.0. The monoisotopic (exact) mass is 266 g/mol. The van der Waals surface area contributed by atoms with E-state index < -0.39 is 11.5 Å². The van der Waals surface area contributed by atoms with Gasteiger partial charge in [-0.25, -0.2) is 16.5 Å². The van der Waals surface area contributed by atoms with Crippen LogP contribution in [-0.2, 0) is 0 Å². The van der Waals surface area contributed by atoms with Crippen LogP contribution in [0.4, 0.5) is 23.7 Å². The lowest BCUT2D eigenvalue weighted by atomic mass is 10.3. The second-order valence-corrected chi connectivity index (χ2v) is 4.05. The highest BCUT2D eigenvalue weighted by Crippen LogP contribution is 2.36. The number of carbonyl (C=O) groups is 1. The van der Waals surface area contributed by atoms with Gasteiger partial charge >= 0.3 is 11.5 Å². The Morgan fingerprint density at radius 1 is 1.24 bits per heavy atom. The Morgan fingerprint density at radius 2 is 1.76 bits per heavy atom. The van der Waals surface area contributed by atoms with Crippen LogP contribution in [0.3, 0.4) is 0 Å². The lowest BCUT2D eigenvalue weighted by Crippen LogP contribution is -2.45. The van der Waals surface area contributed by atoms with E-state index in [0.29, 0.717) is 10.8 Å². The number of carbonyl (C=O) groups excluding carboxylic acids is 1. The Labute approximate surface area is 98.9 Å². The molecule has 0 radical (unpaired) electrons. The summed E-state index contributed by atoms with van der Waals surface area (Å²) in [6.07, 6.45) is 0. The summed E-state index contributed by atoms with van der Waals surface area (Å²) in [5.41, 5.74) is -4.04. The lowest BCUT2D eigenvalue weighted by Gasteiger charge is -2.11. The molecule has 2 amide bonds. The molecule has 0 aliphatic heterocycles. The SMILES string of the molecule is NN(N)C(=O)Nc1ccc(SC(F)(F)F)cc1. The van der Waals surface area contributed by atoms with E-state index in [0.717, 1.165) is 0 Å². The van der Waals surface area contributed by atoms with Crippen molar-refractivity contribution in [1.29, 1.82) is 0 Å². The topological polar surface area (TPSA) is 84.4 Å². The lowest BCUT2D eigenvalue weighted by molar-refractivity contribution is -0.0328. The number of nitrogens with one attached hydrogen (secondary N) is 1. The van der Waals surface area contributed by atoms with Crippen LogP contribution >= 0.6 is 11.8 Å². The molecule has 1 rings (SSSR count). The summed E-state index contributed by atoms with van der Waals surface area (Å²) in [4.78, 5) is 11.0. The van der Waals surface area contributed by atoms with E-state index in [1.807, 2.05) is 0 Å². The molecule has 0 saturated carbocycles. The molecule has 94 valence electrons. The summed E-state index contributed by atoms with van der Waals surface area (Å²) in [5, 5.41) is 2.61. The van der Waals surface area contributed by atoms with Crippen LogP contribution < -0.4 is 17.0 Å². The summed E-state index contributed by atoms with van der Waals surface area (Å²) in [7, 11) is 0. The van der Waals surface area contributed by atoms with E-state index >= 15 is 0 Å². The third-order valence-electron chi connectivity index (χ3n) is 1.57. The van der Waals surface area contributed by atoms with Crippen LogP contribution in [0.5, 0.6) is 0 Å². The smallest absolute Gasteiger partial charge is 0.306 e. The number of nitrogens with two attached hydrogens (primary N) is 2. The summed E-state index contributed by atoms with van der Waals surface area (Å²) in [6, 6.07) is 4.31. The van der Waals surface area contributed by atoms with Gasteiger partial charge in [-0.1, -0.05) is 0 Å². The highest BCUT2D eigenvalue weighted by atomic mass is 32.2. The maximum Gasteiger partial charge on any atom is 0.446 e. The van der Waals surface area contributed by atoms with Crippen molar-refractivity contribution in [3.05, 3.63) is 24.3 Å². The fourth-order valence-corrected chi connectivity index (χ4v) is 1.47. The Balaban J connectivity index is 2.65. The normalized spacial score (nSPS) is 11.1. The first kappa shape index (κ1) is 13.6. The Morgan fingerprint density at radius 3 is 2.18 bits per heavy atom. The molecule has 5 nitrogen and oxygen atoms in total. The zero-order chi connectivity index (χ0) is 13.1. The van der Waals surface area contributed by atoms with Crippen molar-refractivity contribution in [3.8, 4) is 0 Å². The molecule has 1 aromatic carbocycles. The van der Waals surface area contributed by atoms with Gasteiger partial charge in [-0.05, 0) is 36.0 Å². The summed E-state index contributed by atoms with van der Waals surface area (Å²) in [6.45, 7) is 0. The number of alkyl halides is 3. The van der Waals surface area contributed by atoms with Gasteiger partial charge in [0.15, 0.2) is 0 Å². The van der Waals surface area contributed by atoms with Gasteiger partial charge in [-0.15, -0.1) is 0 Å². The molecule has 0 bridgehead atoms. The molecule has 0 aromatic heterocycles. The molecular weight excluding hydrogens is 257 g/mol. The number of urea groups is 1. The van der Waals surface area contributed by atoms with E-state index in [1.165, 1.54) is 24.3 Å². The number of thioether (sulfide) groups is 1. The number of rotatable bonds is 2. The molecule has 0 unspecified atom stereocenters. The van der Waals surface area contributed by atoms with Gasteiger partial charge in [0, 0.05) is 10.6 Å². The molecule has 5 N–H and O–H groups in total. The number of anilines is 1. The van der Waals surface area contributed by atoms with Gasteiger partial charge in [0.1, 0.15) is 0 Å². The minimum atomic E-state index is -4.34. The first-order valence-electron chi connectivity index (χ1n) is 4.24. The third kappa shape index (κ3) is 4.93. The van der Waals surface area contributed by atoms with E-state index in [9.17, 15) is 18.0 Å². The average molecular weight is 266 g/mol. The van der Waals surface area contributed by atoms with Gasteiger partial charge in [-0.3, -0.25) is 0 Å². The second kappa shape index (κ2) is 5.25. The summed E-state index contributed by atoms with van der Waals surface area (Å²) in [5.74, 6) is 9.89. The van der Waals surface area contributed by atoms with Gasteiger partial charge in [0.2, 0.25) is 0 Å². The predicted octanol–water partition coefficient (Wildman–Crippen LogP) is 1.88. The quantitative estimate of drug-likeness (QED) is 0.330. The number of nitrogens with zero attached hydrogens (tertiary/aromatic N) is 1. The van der Waals surface area contributed by atoms with Gasteiger partial charge in [0.05, 0.1) is 0 Å². The minimum Gasteiger partial charge on any atom is -0.306 e. The van der Waals surface area contributed by atoms with Gasteiger partial charge < -0.3 is 5.32 Å². The highest BCUT2D eigenvalue weighted by Gasteiger charge is 2.28. The Kier molecular flexibility index (Phi) is 4.21. The van der Waals surface area contributed by atoms with E-state index in [2.05, 4.69) is 5.32 Å². The molecule has 0 heterocycles. The molecular formula is C8H9F3N4OS. The fraction of sp³-hybridized carbons (Fsp3) is 0.125. The van der Waals surface area contributed by atoms with E-state index in [1.54, 1.807) is 0 Å². The first-order valence-corrected chi connectivity index (χ1v) is 5.06.